The van der Waals surface area contributed by atoms with Gasteiger partial charge in [0.25, 0.3) is 10.0 Å². The lowest BCUT2D eigenvalue weighted by Gasteiger charge is -2.36. The van der Waals surface area contributed by atoms with Gasteiger partial charge in [-0.25, -0.2) is 13.2 Å². The zero-order chi connectivity index (χ0) is 19.3. The summed E-state index contributed by atoms with van der Waals surface area (Å²) < 4.78 is 32.9. The fourth-order valence-corrected chi connectivity index (χ4v) is 6.51. The highest BCUT2D eigenvalue weighted by molar-refractivity contribution is 7.90. The maximum atomic E-state index is 13.1. The SMILES string of the molecule is CC(C)[C@@H]1CC[C@@H](C)C[C@H]1OC(=O)C1=C2c3ccccc3S(=O)(=O)N2CC1. The molecule has 0 aromatic heterocycles. The minimum Gasteiger partial charge on any atom is -0.459 e. The van der Waals surface area contributed by atoms with Gasteiger partial charge in [0.05, 0.1) is 16.2 Å². The number of nitrogens with zero attached hydrogens (tertiary/aromatic N) is 1. The van der Waals surface area contributed by atoms with Gasteiger partial charge in [-0.1, -0.05) is 45.4 Å². The summed E-state index contributed by atoms with van der Waals surface area (Å²) in [6.45, 7) is 6.88. The molecule has 27 heavy (non-hydrogen) atoms. The van der Waals surface area contributed by atoms with Crippen LogP contribution in [0.1, 0.15) is 52.0 Å². The maximum Gasteiger partial charge on any atom is 0.336 e. The molecule has 0 bridgehead atoms. The van der Waals surface area contributed by atoms with Crippen molar-refractivity contribution in [1.29, 1.82) is 0 Å². The molecule has 0 N–H and O–H groups in total. The molecular weight excluding hydrogens is 362 g/mol. The van der Waals surface area contributed by atoms with Crippen molar-refractivity contribution in [2.45, 2.75) is 57.5 Å². The lowest BCUT2D eigenvalue weighted by molar-refractivity contribution is -0.151. The Morgan fingerprint density at radius 3 is 2.70 bits per heavy atom. The van der Waals surface area contributed by atoms with Crippen molar-refractivity contribution >= 4 is 21.7 Å². The van der Waals surface area contributed by atoms with Crippen LogP contribution in [-0.4, -0.2) is 31.3 Å². The van der Waals surface area contributed by atoms with Gasteiger partial charge < -0.3 is 4.74 Å². The summed E-state index contributed by atoms with van der Waals surface area (Å²) in [4.78, 5) is 13.3. The Kier molecular flexibility index (Phi) is 4.57. The minimum absolute atomic E-state index is 0.0864. The number of carbonyl (C=O) groups excluding carboxylic acids is 1. The number of rotatable bonds is 3. The first kappa shape index (κ1) is 18.5. The normalized spacial score (nSPS) is 29.0. The van der Waals surface area contributed by atoms with E-state index in [1.807, 2.05) is 6.07 Å². The fraction of sp³-hybridized carbons (Fsp3) is 0.571. The second-order valence-electron chi connectivity index (χ2n) is 8.42. The average Bonchev–Trinajstić information content (AvgIpc) is 3.15. The monoisotopic (exact) mass is 389 g/mol. The number of fused-ring (bicyclic) bond motifs is 3. The molecule has 0 unspecified atom stereocenters. The maximum absolute atomic E-state index is 13.1. The van der Waals surface area contributed by atoms with Crippen molar-refractivity contribution < 1.29 is 17.9 Å². The molecule has 2 heterocycles. The van der Waals surface area contributed by atoms with E-state index in [1.54, 1.807) is 18.2 Å². The number of hydrogen-bond acceptors (Lipinski definition) is 4. The van der Waals surface area contributed by atoms with Crippen LogP contribution in [0.4, 0.5) is 0 Å². The Morgan fingerprint density at radius 2 is 1.96 bits per heavy atom. The lowest BCUT2D eigenvalue weighted by atomic mass is 9.75. The first-order valence-corrected chi connectivity index (χ1v) is 11.3. The van der Waals surface area contributed by atoms with Crippen LogP contribution in [0.25, 0.3) is 5.70 Å². The highest BCUT2D eigenvalue weighted by Crippen LogP contribution is 2.45. The van der Waals surface area contributed by atoms with E-state index >= 15 is 0 Å². The second kappa shape index (κ2) is 6.66. The van der Waals surface area contributed by atoms with Crippen molar-refractivity contribution in [3.63, 3.8) is 0 Å². The molecule has 2 aliphatic heterocycles. The zero-order valence-electron chi connectivity index (χ0n) is 16.1. The van der Waals surface area contributed by atoms with E-state index < -0.39 is 10.0 Å². The highest BCUT2D eigenvalue weighted by Gasteiger charge is 2.45. The van der Waals surface area contributed by atoms with E-state index in [4.69, 9.17) is 4.74 Å². The number of hydrogen-bond donors (Lipinski definition) is 0. The third kappa shape index (κ3) is 2.98. The van der Waals surface area contributed by atoms with Gasteiger partial charge in [0.1, 0.15) is 6.10 Å². The number of benzene rings is 1. The first-order valence-electron chi connectivity index (χ1n) is 9.87. The molecular formula is C21H27NO4S. The molecule has 5 nitrogen and oxygen atoms in total. The van der Waals surface area contributed by atoms with Gasteiger partial charge in [-0.15, -0.1) is 0 Å². The van der Waals surface area contributed by atoms with E-state index in [0.29, 0.717) is 47.6 Å². The number of carbonyl (C=O) groups is 1. The van der Waals surface area contributed by atoms with Crippen molar-refractivity contribution in [1.82, 2.24) is 4.31 Å². The Hall–Kier alpha value is -1.82. The molecule has 4 rings (SSSR count). The van der Waals surface area contributed by atoms with E-state index in [9.17, 15) is 13.2 Å². The highest BCUT2D eigenvalue weighted by atomic mass is 32.2. The fourth-order valence-electron chi connectivity index (χ4n) is 4.79. The van der Waals surface area contributed by atoms with Crippen LogP contribution in [0.5, 0.6) is 0 Å². The van der Waals surface area contributed by atoms with Gasteiger partial charge in [0, 0.05) is 18.5 Å². The summed E-state index contributed by atoms with van der Waals surface area (Å²) in [6, 6.07) is 6.91. The van der Waals surface area contributed by atoms with Crippen molar-refractivity contribution in [2.75, 3.05) is 6.54 Å². The van der Waals surface area contributed by atoms with E-state index in [1.165, 1.54) is 10.7 Å². The number of esters is 1. The molecule has 1 aromatic rings. The third-order valence-electron chi connectivity index (χ3n) is 6.28. The first-order chi connectivity index (χ1) is 12.8. The summed E-state index contributed by atoms with van der Waals surface area (Å²) in [5.41, 5.74) is 1.66. The van der Waals surface area contributed by atoms with Crippen molar-refractivity contribution in [3.8, 4) is 0 Å². The van der Waals surface area contributed by atoms with Crippen molar-refractivity contribution in [2.24, 2.45) is 17.8 Å². The van der Waals surface area contributed by atoms with E-state index in [-0.39, 0.29) is 17.0 Å². The predicted octanol–water partition coefficient (Wildman–Crippen LogP) is 3.81. The van der Waals surface area contributed by atoms with Crippen LogP contribution in [0.3, 0.4) is 0 Å². The summed E-state index contributed by atoms with van der Waals surface area (Å²) in [5, 5.41) is 0. The Bertz CT molecular complexity index is 903. The summed E-state index contributed by atoms with van der Waals surface area (Å²) in [5.74, 6) is 1.03. The van der Waals surface area contributed by atoms with Crippen LogP contribution >= 0.6 is 0 Å². The number of sulfonamides is 1. The topological polar surface area (TPSA) is 63.7 Å². The van der Waals surface area contributed by atoms with Crippen LogP contribution in [0.2, 0.25) is 0 Å². The standard InChI is InChI=1S/C21H27NO4S/c1-13(2)15-9-8-14(3)12-18(15)26-21(23)17-10-11-22-20(17)16-6-4-5-7-19(16)27(22,24)25/h4-7,13-15,18H,8-12H2,1-3H3/t14-,15+,18-/m1/s1. The third-order valence-corrected chi connectivity index (χ3v) is 8.13. The summed E-state index contributed by atoms with van der Waals surface area (Å²) >= 11 is 0. The van der Waals surface area contributed by atoms with Crippen LogP contribution in [0, 0.1) is 17.8 Å². The molecule has 0 radical (unpaired) electrons. The Morgan fingerprint density at radius 1 is 1.22 bits per heavy atom. The molecule has 146 valence electrons. The van der Waals surface area contributed by atoms with Gasteiger partial charge in [0.2, 0.25) is 0 Å². The number of ether oxygens (including phenoxy) is 1. The summed E-state index contributed by atoms with van der Waals surface area (Å²) in [7, 11) is -3.55. The van der Waals surface area contributed by atoms with Gasteiger partial charge in [0.15, 0.2) is 0 Å². The van der Waals surface area contributed by atoms with Crippen LogP contribution in [0.15, 0.2) is 34.7 Å². The molecule has 1 fully saturated rings. The quantitative estimate of drug-likeness (QED) is 0.738. The van der Waals surface area contributed by atoms with E-state index in [0.717, 1.165) is 12.8 Å². The lowest BCUT2D eigenvalue weighted by Crippen LogP contribution is -2.36. The minimum atomic E-state index is -3.55. The van der Waals surface area contributed by atoms with E-state index in [2.05, 4.69) is 20.8 Å². The molecule has 3 atom stereocenters. The molecule has 0 amide bonds. The molecule has 6 heteroatoms. The van der Waals surface area contributed by atoms with Gasteiger partial charge in [-0.05, 0) is 36.7 Å². The molecule has 1 saturated carbocycles. The second-order valence-corrected chi connectivity index (χ2v) is 10.3. The molecule has 0 spiro atoms. The van der Waals surface area contributed by atoms with Gasteiger partial charge in [-0.3, -0.25) is 4.31 Å². The molecule has 3 aliphatic rings. The molecule has 1 aromatic carbocycles. The Labute approximate surface area is 161 Å². The van der Waals surface area contributed by atoms with Gasteiger partial charge in [-0.2, -0.15) is 0 Å². The molecule has 0 saturated heterocycles. The average molecular weight is 390 g/mol. The van der Waals surface area contributed by atoms with Gasteiger partial charge >= 0.3 is 5.97 Å². The van der Waals surface area contributed by atoms with Crippen molar-refractivity contribution in [3.05, 3.63) is 35.4 Å². The Balaban J connectivity index is 1.66. The smallest absolute Gasteiger partial charge is 0.336 e. The largest absolute Gasteiger partial charge is 0.459 e. The predicted molar refractivity (Wildman–Crippen MR) is 103 cm³/mol. The zero-order valence-corrected chi connectivity index (χ0v) is 17.0. The van der Waals surface area contributed by atoms with Crippen LogP contribution < -0.4 is 0 Å². The molecule has 1 aliphatic carbocycles. The summed E-state index contributed by atoms with van der Waals surface area (Å²) in [6.07, 6.45) is 3.46. The van der Waals surface area contributed by atoms with Crippen LogP contribution in [-0.2, 0) is 19.6 Å².